The van der Waals surface area contributed by atoms with Crippen molar-refractivity contribution in [2.24, 2.45) is 17.6 Å². The molecule has 5 heteroatoms. The Hall–Kier alpha value is -1.10. The molecule has 1 heterocycles. The highest BCUT2D eigenvalue weighted by Gasteiger charge is 2.60. The second-order valence-corrected chi connectivity index (χ2v) is 6.11. The van der Waals surface area contributed by atoms with Crippen LogP contribution in [-0.2, 0) is 14.3 Å². The summed E-state index contributed by atoms with van der Waals surface area (Å²) in [5.74, 6) is -0.982. The molecule has 0 bridgehead atoms. The van der Waals surface area contributed by atoms with Gasteiger partial charge in [-0.3, -0.25) is 9.59 Å². The molecule has 0 spiro atoms. The quantitative estimate of drug-likeness (QED) is 0.719. The van der Waals surface area contributed by atoms with Gasteiger partial charge in [0.05, 0.1) is 5.60 Å². The summed E-state index contributed by atoms with van der Waals surface area (Å²) < 4.78 is 5.57. The lowest BCUT2D eigenvalue weighted by Crippen LogP contribution is -2.42. The van der Waals surface area contributed by atoms with Crippen LogP contribution in [0.25, 0.3) is 0 Å². The fourth-order valence-electron chi connectivity index (χ4n) is 2.79. The number of amides is 2. The Bertz CT molecular complexity index is 380. The highest BCUT2D eigenvalue weighted by Crippen LogP contribution is 2.46. The van der Waals surface area contributed by atoms with Crippen molar-refractivity contribution in [1.82, 2.24) is 5.32 Å². The third-order valence-electron chi connectivity index (χ3n) is 4.53. The van der Waals surface area contributed by atoms with Gasteiger partial charge in [-0.05, 0) is 33.6 Å². The molecule has 1 saturated carbocycles. The molecule has 0 radical (unpaired) electrons. The largest absolute Gasteiger partial charge is 0.369 e. The zero-order valence-electron chi connectivity index (χ0n) is 11.3. The molecule has 2 amide bonds. The number of hydrogen-bond acceptors (Lipinski definition) is 3. The van der Waals surface area contributed by atoms with Crippen molar-refractivity contribution >= 4 is 11.8 Å². The number of nitrogens with two attached hydrogens (primary N) is 1. The van der Waals surface area contributed by atoms with E-state index >= 15 is 0 Å². The molecule has 1 aliphatic heterocycles. The van der Waals surface area contributed by atoms with Crippen LogP contribution in [0.1, 0.15) is 40.0 Å². The minimum Gasteiger partial charge on any atom is -0.369 e. The number of ether oxygens (including phenoxy) is 1. The lowest BCUT2D eigenvalue weighted by Gasteiger charge is -2.18. The van der Waals surface area contributed by atoms with Gasteiger partial charge in [-0.1, -0.05) is 6.42 Å². The number of nitrogens with one attached hydrogen (secondary N) is 1. The predicted octanol–water partition coefficient (Wildman–Crippen LogP) is 0.572. The van der Waals surface area contributed by atoms with Crippen LogP contribution in [0.5, 0.6) is 0 Å². The van der Waals surface area contributed by atoms with Gasteiger partial charge in [-0.2, -0.15) is 0 Å². The van der Waals surface area contributed by atoms with Crippen molar-refractivity contribution in [2.75, 3.05) is 6.54 Å². The summed E-state index contributed by atoms with van der Waals surface area (Å²) in [6.07, 6.45) is 2.37. The summed E-state index contributed by atoms with van der Waals surface area (Å²) in [7, 11) is 0. The van der Waals surface area contributed by atoms with E-state index in [1.165, 1.54) is 0 Å². The van der Waals surface area contributed by atoms with Gasteiger partial charge in [-0.15, -0.1) is 0 Å². The van der Waals surface area contributed by atoms with Crippen molar-refractivity contribution < 1.29 is 14.3 Å². The zero-order chi connectivity index (χ0) is 13.6. The number of epoxide rings is 1. The van der Waals surface area contributed by atoms with Crippen LogP contribution in [0.4, 0.5) is 0 Å². The molecule has 3 N–H and O–H groups in total. The molecule has 102 valence electrons. The fourth-order valence-corrected chi connectivity index (χ4v) is 2.79. The molecular weight excluding hydrogens is 232 g/mol. The molecule has 1 saturated heterocycles. The van der Waals surface area contributed by atoms with E-state index in [9.17, 15) is 9.59 Å². The lowest BCUT2D eigenvalue weighted by molar-refractivity contribution is -0.132. The Labute approximate surface area is 107 Å². The Balaban J connectivity index is 1.87. The topological polar surface area (TPSA) is 84.7 Å². The Morgan fingerprint density at radius 2 is 1.83 bits per heavy atom. The first-order chi connectivity index (χ1) is 8.27. The van der Waals surface area contributed by atoms with Gasteiger partial charge in [0, 0.05) is 18.4 Å². The zero-order valence-corrected chi connectivity index (χ0v) is 11.3. The van der Waals surface area contributed by atoms with Crippen LogP contribution in [-0.4, -0.2) is 29.6 Å². The van der Waals surface area contributed by atoms with E-state index in [1.807, 2.05) is 20.8 Å². The monoisotopic (exact) mass is 254 g/mol. The molecule has 0 aromatic heterocycles. The number of rotatable bonds is 4. The van der Waals surface area contributed by atoms with Gasteiger partial charge in [-0.25, -0.2) is 0 Å². The summed E-state index contributed by atoms with van der Waals surface area (Å²) >= 11 is 0. The molecule has 3 unspecified atom stereocenters. The molecule has 0 aromatic carbocycles. The normalized spacial score (nSPS) is 37.3. The summed E-state index contributed by atoms with van der Waals surface area (Å²) in [4.78, 5) is 23.3. The van der Waals surface area contributed by atoms with Crippen LogP contribution in [0.2, 0.25) is 0 Å². The fraction of sp³-hybridized carbons (Fsp3) is 0.846. The molecule has 2 rings (SSSR count). The lowest BCUT2D eigenvalue weighted by atomic mass is 9.93. The summed E-state index contributed by atoms with van der Waals surface area (Å²) in [6, 6.07) is 0. The SMILES string of the molecule is CC1(C)OC1(C)CNC(=O)C1CCCC1C(N)=O. The average molecular weight is 254 g/mol. The average Bonchev–Trinajstić information content (AvgIpc) is 2.70. The highest BCUT2D eigenvalue weighted by molar-refractivity contribution is 5.87. The van der Waals surface area contributed by atoms with Crippen LogP contribution < -0.4 is 11.1 Å². The molecule has 2 aliphatic rings. The van der Waals surface area contributed by atoms with Crippen molar-refractivity contribution in [2.45, 2.75) is 51.2 Å². The van der Waals surface area contributed by atoms with E-state index in [-0.39, 0.29) is 34.9 Å². The van der Waals surface area contributed by atoms with Gasteiger partial charge >= 0.3 is 0 Å². The molecule has 0 aromatic rings. The standard InChI is InChI=1S/C13H22N2O3/c1-12(2)13(3,18-12)7-15-11(17)9-6-4-5-8(9)10(14)16/h8-9H,4-7H2,1-3H3,(H2,14,16)(H,15,17). The van der Waals surface area contributed by atoms with Crippen molar-refractivity contribution in [3.05, 3.63) is 0 Å². The van der Waals surface area contributed by atoms with Crippen molar-refractivity contribution in [3.63, 3.8) is 0 Å². The van der Waals surface area contributed by atoms with Gasteiger partial charge in [0.2, 0.25) is 11.8 Å². The summed E-state index contributed by atoms with van der Waals surface area (Å²) in [5.41, 5.74) is 4.85. The predicted molar refractivity (Wildman–Crippen MR) is 66.6 cm³/mol. The van der Waals surface area contributed by atoms with Gasteiger partial charge in [0.25, 0.3) is 0 Å². The van der Waals surface area contributed by atoms with Crippen molar-refractivity contribution in [3.8, 4) is 0 Å². The Morgan fingerprint density at radius 1 is 1.28 bits per heavy atom. The minimum absolute atomic E-state index is 0.0659. The van der Waals surface area contributed by atoms with E-state index in [0.717, 1.165) is 19.3 Å². The maximum Gasteiger partial charge on any atom is 0.224 e. The number of carbonyl (C=O) groups excluding carboxylic acids is 2. The molecule has 18 heavy (non-hydrogen) atoms. The number of hydrogen-bond donors (Lipinski definition) is 2. The maximum absolute atomic E-state index is 12.1. The Morgan fingerprint density at radius 3 is 2.33 bits per heavy atom. The van der Waals surface area contributed by atoms with Crippen LogP contribution in [0, 0.1) is 11.8 Å². The van der Waals surface area contributed by atoms with Gasteiger partial charge in [0.1, 0.15) is 5.60 Å². The molecular formula is C13H22N2O3. The summed E-state index contributed by atoms with van der Waals surface area (Å²) in [5, 5.41) is 2.90. The number of carbonyl (C=O) groups is 2. The first-order valence-corrected chi connectivity index (χ1v) is 6.54. The third-order valence-corrected chi connectivity index (χ3v) is 4.53. The van der Waals surface area contributed by atoms with Gasteiger partial charge < -0.3 is 15.8 Å². The highest BCUT2D eigenvalue weighted by atomic mass is 16.6. The van der Waals surface area contributed by atoms with E-state index < -0.39 is 0 Å². The first kappa shape index (κ1) is 13.3. The second-order valence-electron chi connectivity index (χ2n) is 6.11. The van der Waals surface area contributed by atoms with Crippen molar-refractivity contribution in [1.29, 1.82) is 0 Å². The molecule has 1 aliphatic carbocycles. The van der Waals surface area contributed by atoms with E-state index in [2.05, 4.69) is 5.32 Å². The maximum atomic E-state index is 12.1. The van der Waals surface area contributed by atoms with Crippen LogP contribution >= 0.6 is 0 Å². The third kappa shape index (κ3) is 2.23. The van der Waals surface area contributed by atoms with E-state index in [0.29, 0.717) is 6.54 Å². The second kappa shape index (κ2) is 4.23. The minimum atomic E-state index is -0.359. The van der Waals surface area contributed by atoms with Crippen LogP contribution in [0.15, 0.2) is 0 Å². The molecule has 2 fully saturated rings. The Kier molecular flexibility index (Phi) is 3.13. The van der Waals surface area contributed by atoms with Gasteiger partial charge in [0.15, 0.2) is 0 Å². The molecule has 3 atom stereocenters. The number of primary amides is 1. The first-order valence-electron chi connectivity index (χ1n) is 6.54. The van der Waals surface area contributed by atoms with E-state index in [4.69, 9.17) is 10.5 Å². The molecule has 5 nitrogen and oxygen atoms in total. The van der Waals surface area contributed by atoms with Crippen LogP contribution in [0.3, 0.4) is 0 Å². The summed E-state index contributed by atoms with van der Waals surface area (Å²) in [6.45, 7) is 6.47. The smallest absolute Gasteiger partial charge is 0.224 e. The van der Waals surface area contributed by atoms with E-state index in [1.54, 1.807) is 0 Å².